The zero-order valence-corrected chi connectivity index (χ0v) is 15.0. The molecule has 146 valence electrons. The van der Waals surface area contributed by atoms with E-state index in [0.717, 1.165) is 16.7 Å². The third-order valence-electron chi connectivity index (χ3n) is 3.31. The highest BCUT2D eigenvalue weighted by atomic mass is 32.1. The van der Waals surface area contributed by atoms with Crippen LogP contribution < -0.4 is 16.0 Å². The lowest BCUT2D eigenvalue weighted by molar-refractivity contribution is -0.384. The Balaban J connectivity index is 1.78. The van der Waals surface area contributed by atoms with Gasteiger partial charge in [-0.1, -0.05) is 12.1 Å². The number of hydrogen-bond acceptors (Lipinski definition) is 6. The number of hydrogen-bond donors (Lipinski definition) is 3. The molecule has 1 heterocycles. The Bertz CT molecular complexity index is 809. The number of alkyl halides is 3. The molecule has 0 radical (unpaired) electrons. The van der Waals surface area contributed by atoms with E-state index in [9.17, 15) is 23.3 Å². The summed E-state index contributed by atoms with van der Waals surface area (Å²) in [7, 11) is 1.52. The van der Waals surface area contributed by atoms with Crippen LogP contribution in [-0.2, 0) is 12.7 Å². The van der Waals surface area contributed by atoms with Gasteiger partial charge >= 0.3 is 6.18 Å². The maximum atomic E-state index is 12.5. The Labute approximate surface area is 156 Å². The molecule has 12 heteroatoms. The topological polar surface area (TPSA) is 104 Å². The molecule has 3 N–H and O–H groups in total. The molecule has 2 rings (SSSR count). The first-order valence-electron chi connectivity index (χ1n) is 7.74. The van der Waals surface area contributed by atoms with E-state index < -0.39 is 16.8 Å². The average Bonchev–Trinajstić information content (AvgIpc) is 3.11. The fourth-order valence-electron chi connectivity index (χ4n) is 2.06. The van der Waals surface area contributed by atoms with Gasteiger partial charge in [0.2, 0.25) is 0 Å². The summed E-state index contributed by atoms with van der Waals surface area (Å²) in [5.41, 5.74) is -0.542. The Morgan fingerprint density at radius 1 is 1.30 bits per heavy atom. The van der Waals surface area contributed by atoms with E-state index >= 15 is 0 Å². The molecule has 0 aliphatic carbocycles. The van der Waals surface area contributed by atoms with Gasteiger partial charge in [-0.3, -0.25) is 15.1 Å². The van der Waals surface area contributed by atoms with Crippen LogP contribution in [0.15, 0.2) is 34.6 Å². The highest BCUT2D eigenvalue weighted by molar-refractivity contribution is 7.09. The number of aliphatic imine (C=N–C) groups is 1. The predicted molar refractivity (Wildman–Crippen MR) is 96.9 cm³/mol. The van der Waals surface area contributed by atoms with Crippen LogP contribution in [0.3, 0.4) is 0 Å². The van der Waals surface area contributed by atoms with Crippen molar-refractivity contribution in [3.8, 4) is 0 Å². The van der Waals surface area contributed by atoms with Crippen molar-refractivity contribution >= 4 is 28.7 Å². The van der Waals surface area contributed by atoms with E-state index in [-0.39, 0.29) is 17.2 Å². The number of thiazole rings is 1. The normalized spacial score (nSPS) is 11.9. The van der Waals surface area contributed by atoms with Gasteiger partial charge in [0, 0.05) is 31.6 Å². The quantitative estimate of drug-likeness (QED) is 0.216. The number of benzene rings is 1. The minimum absolute atomic E-state index is 0.0238. The summed E-state index contributed by atoms with van der Waals surface area (Å²) in [5.74, 6) is 0.378. The van der Waals surface area contributed by atoms with Crippen molar-refractivity contribution in [2.24, 2.45) is 4.99 Å². The third kappa shape index (κ3) is 6.09. The van der Waals surface area contributed by atoms with Gasteiger partial charge in [-0.2, -0.15) is 13.2 Å². The fraction of sp³-hybridized carbons (Fsp3) is 0.333. The van der Waals surface area contributed by atoms with Crippen LogP contribution in [0.1, 0.15) is 10.7 Å². The van der Waals surface area contributed by atoms with E-state index in [1.165, 1.54) is 13.1 Å². The van der Waals surface area contributed by atoms with Crippen LogP contribution in [-0.4, -0.2) is 36.0 Å². The van der Waals surface area contributed by atoms with E-state index in [1.54, 1.807) is 18.2 Å². The maximum Gasteiger partial charge on any atom is 0.434 e. The van der Waals surface area contributed by atoms with Crippen LogP contribution in [0.25, 0.3) is 0 Å². The SMILES string of the molecule is CN=C(NCCNc1ccccc1[N+](=O)[O-])NCc1nc(C(F)(F)F)cs1. The van der Waals surface area contributed by atoms with Crippen LogP contribution in [0.2, 0.25) is 0 Å². The Morgan fingerprint density at radius 3 is 2.67 bits per heavy atom. The largest absolute Gasteiger partial charge is 0.434 e. The third-order valence-corrected chi connectivity index (χ3v) is 4.16. The minimum atomic E-state index is -4.46. The minimum Gasteiger partial charge on any atom is -0.378 e. The van der Waals surface area contributed by atoms with Gasteiger partial charge in [0.05, 0.1) is 11.5 Å². The second kappa shape index (κ2) is 9.16. The van der Waals surface area contributed by atoms with Crippen molar-refractivity contribution in [2.75, 3.05) is 25.5 Å². The monoisotopic (exact) mass is 402 g/mol. The lowest BCUT2D eigenvalue weighted by Gasteiger charge is -2.12. The van der Waals surface area contributed by atoms with Crippen molar-refractivity contribution in [1.82, 2.24) is 15.6 Å². The highest BCUT2D eigenvalue weighted by Crippen LogP contribution is 2.29. The number of nitrogens with one attached hydrogen (secondary N) is 3. The number of nitro benzene ring substituents is 1. The zero-order chi connectivity index (χ0) is 19.9. The summed E-state index contributed by atoms with van der Waals surface area (Å²) in [4.78, 5) is 17.9. The smallest absolute Gasteiger partial charge is 0.378 e. The molecule has 0 atom stereocenters. The van der Waals surface area contributed by atoms with Crippen molar-refractivity contribution in [2.45, 2.75) is 12.7 Å². The Kier molecular flexibility index (Phi) is 6.93. The first-order valence-corrected chi connectivity index (χ1v) is 8.62. The number of anilines is 1. The number of rotatable bonds is 7. The molecule has 0 amide bonds. The lowest BCUT2D eigenvalue weighted by atomic mass is 10.2. The standard InChI is InChI=1S/C15H17F3N6O2S/c1-19-14(22-8-13-23-12(9-27-13)15(16,17)18)21-7-6-20-10-4-2-3-5-11(10)24(25)26/h2-5,9,20H,6-8H2,1H3,(H2,19,21,22). The maximum absolute atomic E-state index is 12.5. The summed E-state index contributed by atoms with van der Waals surface area (Å²) in [6.45, 7) is 0.858. The van der Waals surface area contributed by atoms with Gasteiger partial charge in [-0.05, 0) is 6.07 Å². The molecule has 8 nitrogen and oxygen atoms in total. The van der Waals surface area contributed by atoms with Crippen LogP contribution in [0.4, 0.5) is 24.5 Å². The van der Waals surface area contributed by atoms with Crippen molar-refractivity contribution < 1.29 is 18.1 Å². The molecule has 0 spiro atoms. The molecule has 27 heavy (non-hydrogen) atoms. The number of halogens is 3. The number of guanidine groups is 1. The van der Waals surface area contributed by atoms with Gasteiger partial charge in [-0.25, -0.2) is 4.98 Å². The van der Waals surface area contributed by atoms with Gasteiger partial charge in [0.25, 0.3) is 5.69 Å². The lowest BCUT2D eigenvalue weighted by Crippen LogP contribution is -2.39. The Morgan fingerprint density at radius 2 is 2.04 bits per heavy atom. The molecule has 1 aromatic carbocycles. The molecular weight excluding hydrogens is 385 g/mol. The second-order valence-corrected chi connectivity index (χ2v) is 6.12. The van der Waals surface area contributed by atoms with Crippen LogP contribution >= 0.6 is 11.3 Å². The van der Waals surface area contributed by atoms with Gasteiger partial charge < -0.3 is 16.0 Å². The summed E-state index contributed by atoms with van der Waals surface area (Å²) < 4.78 is 37.6. The van der Waals surface area contributed by atoms with E-state index in [0.29, 0.717) is 24.7 Å². The van der Waals surface area contributed by atoms with E-state index in [4.69, 9.17) is 0 Å². The second-order valence-electron chi connectivity index (χ2n) is 5.18. The number of aromatic nitrogens is 1. The highest BCUT2D eigenvalue weighted by Gasteiger charge is 2.33. The Hall–Kier alpha value is -2.89. The summed E-state index contributed by atoms with van der Waals surface area (Å²) in [5, 5.41) is 20.9. The summed E-state index contributed by atoms with van der Waals surface area (Å²) in [6, 6.07) is 6.27. The fourth-order valence-corrected chi connectivity index (χ4v) is 2.80. The molecule has 0 aliphatic rings. The molecule has 0 bridgehead atoms. The number of para-hydroxylation sites is 2. The molecule has 1 aromatic heterocycles. The van der Waals surface area contributed by atoms with Gasteiger partial charge in [0.1, 0.15) is 10.7 Å². The summed E-state index contributed by atoms with van der Waals surface area (Å²) >= 11 is 0.906. The number of nitrogens with zero attached hydrogens (tertiary/aromatic N) is 3. The first kappa shape index (κ1) is 20.4. The van der Waals surface area contributed by atoms with Gasteiger partial charge in [-0.15, -0.1) is 11.3 Å². The van der Waals surface area contributed by atoms with E-state index in [1.807, 2.05) is 0 Å². The molecule has 2 aromatic rings. The van der Waals surface area contributed by atoms with Crippen LogP contribution in [0, 0.1) is 10.1 Å². The molecule has 0 aliphatic heterocycles. The van der Waals surface area contributed by atoms with Gasteiger partial charge in [0.15, 0.2) is 11.7 Å². The molecular formula is C15H17F3N6O2S. The van der Waals surface area contributed by atoms with E-state index in [2.05, 4.69) is 25.9 Å². The summed E-state index contributed by atoms with van der Waals surface area (Å²) in [6.07, 6.45) is -4.46. The van der Waals surface area contributed by atoms with Crippen molar-refractivity contribution in [1.29, 1.82) is 0 Å². The first-order chi connectivity index (χ1) is 12.8. The predicted octanol–water partition coefficient (Wildman–Crippen LogP) is 2.85. The molecule has 0 saturated heterocycles. The molecule has 0 fully saturated rings. The van der Waals surface area contributed by atoms with Crippen LogP contribution in [0.5, 0.6) is 0 Å². The van der Waals surface area contributed by atoms with Crippen molar-refractivity contribution in [3.63, 3.8) is 0 Å². The average molecular weight is 402 g/mol. The van der Waals surface area contributed by atoms with Crippen molar-refractivity contribution in [3.05, 3.63) is 50.5 Å². The molecule has 0 unspecified atom stereocenters. The molecule has 0 saturated carbocycles. The zero-order valence-electron chi connectivity index (χ0n) is 14.2. The number of nitro groups is 1.